The number of aromatic hydroxyl groups is 1. The third-order valence-corrected chi connectivity index (χ3v) is 2.73. The van der Waals surface area contributed by atoms with Gasteiger partial charge >= 0.3 is 0 Å². The van der Waals surface area contributed by atoms with Crippen LogP contribution in [0.25, 0.3) is 11.3 Å². The van der Waals surface area contributed by atoms with Crippen LogP contribution in [0.2, 0.25) is 5.02 Å². The standard InChI is InChI=1S/C11H11ClN2O4/c1-16-7-3-5(6-4-8(13)14-18-6)10(15)9(12)11(7)17-2/h3-4,15H,1-2H3,(H2,13,14). The molecule has 0 amide bonds. The summed E-state index contributed by atoms with van der Waals surface area (Å²) in [5.74, 6) is 0.909. The second-order valence-electron chi connectivity index (χ2n) is 3.44. The minimum absolute atomic E-state index is 0.0295. The number of nitrogens with two attached hydrogens (primary N) is 1. The predicted molar refractivity (Wildman–Crippen MR) is 66.1 cm³/mol. The monoisotopic (exact) mass is 270 g/mol. The van der Waals surface area contributed by atoms with Gasteiger partial charge in [0.25, 0.3) is 0 Å². The van der Waals surface area contributed by atoms with Crippen LogP contribution in [0.5, 0.6) is 17.2 Å². The Labute approximate surface area is 108 Å². The molecule has 2 rings (SSSR count). The summed E-state index contributed by atoms with van der Waals surface area (Å²) >= 11 is 5.99. The van der Waals surface area contributed by atoms with Crippen molar-refractivity contribution in [2.24, 2.45) is 0 Å². The van der Waals surface area contributed by atoms with Crippen molar-refractivity contribution in [1.29, 1.82) is 0 Å². The number of benzene rings is 1. The Morgan fingerprint density at radius 1 is 1.33 bits per heavy atom. The Hall–Kier alpha value is -2.08. The molecule has 0 atom stereocenters. The summed E-state index contributed by atoms with van der Waals surface area (Å²) in [6.45, 7) is 0. The number of methoxy groups -OCH3 is 2. The minimum atomic E-state index is -0.189. The highest BCUT2D eigenvalue weighted by atomic mass is 35.5. The molecule has 0 radical (unpaired) electrons. The number of nitrogens with zero attached hydrogens (tertiary/aromatic N) is 1. The number of anilines is 1. The van der Waals surface area contributed by atoms with Crippen molar-refractivity contribution in [2.45, 2.75) is 0 Å². The third kappa shape index (κ3) is 1.91. The lowest BCUT2D eigenvalue weighted by Crippen LogP contribution is -1.93. The number of aromatic nitrogens is 1. The number of nitrogen functional groups attached to an aromatic ring is 1. The number of phenolic OH excluding ortho intramolecular Hbond substituents is 1. The fourth-order valence-electron chi connectivity index (χ4n) is 1.54. The molecule has 0 bridgehead atoms. The van der Waals surface area contributed by atoms with Crippen molar-refractivity contribution in [3.63, 3.8) is 0 Å². The van der Waals surface area contributed by atoms with Gasteiger partial charge in [-0.15, -0.1) is 0 Å². The molecule has 0 aliphatic carbocycles. The lowest BCUT2D eigenvalue weighted by Gasteiger charge is -2.12. The average Bonchev–Trinajstić information content (AvgIpc) is 2.78. The van der Waals surface area contributed by atoms with Crippen LogP contribution >= 0.6 is 11.6 Å². The Bertz CT molecular complexity index is 583. The molecule has 0 unspecified atom stereocenters. The molecule has 0 spiro atoms. The highest BCUT2D eigenvalue weighted by Gasteiger charge is 2.21. The van der Waals surface area contributed by atoms with E-state index in [4.69, 9.17) is 31.3 Å². The Morgan fingerprint density at radius 2 is 2.06 bits per heavy atom. The van der Waals surface area contributed by atoms with Gasteiger partial charge in [0.05, 0.1) is 19.8 Å². The Morgan fingerprint density at radius 3 is 2.56 bits per heavy atom. The summed E-state index contributed by atoms with van der Waals surface area (Å²) in [4.78, 5) is 0. The van der Waals surface area contributed by atoms with Gasteiger partial charge in [0.15, 0.2) is 23.1 Å². The zero-order valence-electron chi connectivity index (χ0n) is 9.73. The molecule has 0 aliphatic rings. The molecule has 1 aromatic heterocycles. The topological polar surface area (TPSA) is 90.7 Å². The van der Waals surface area contributed by atoms with Crippen molar-refractivity contribution in [3.8, 4) is 28.6 Å². The van der Waals surface area contributed by atoms with E-state index in [2.05, 4.69) is 5.16 Å². The first kappa shape index (κ1) is 12.4. The van der Waals surface area contributed by atoms with E-state index in [1.54, 1.807) is 0 Å². The zero-order valence-corrected chi connectivity index (χ0v) is 10.5. The number of phenols is 1. The van der Waals surface area contributed by atoms with E-state index < -0.39 is 0 Å². The minimum Gasteiger partial charge on any atom is -0.505 e. The maximum absolute atomic E-state index is 10.00. The van der Waals surface area contributed by atoms with Gasteiger partial charge in [0.2, 0.25) is 0 Å². The van der Waals surface area contributed by atoms with E-state index in [1.807, 2.05) is 0 Å². The molecule has 0 aliphatic heterocycles. The number of halogens is 1. The lowest BCUT2D eigenvalue weighted by atomic mass is 10.1. The normalized spacial score (nSPS) is 10.4. The fourth-order valence-corrected chi connectivity index (χ4v) is 1.82. The van der Waals surface area contributed by atoms with Crippen molar-refractivity contribution in [1.82, 2.24) is 5.16 Å². The number of rotatable bonds is 3. The molecule has 6 nitrogen and oxygen atoms in total. The largest absolute Gasteiger partial charge is 0.505 e. The summed E-state index contributed by atoms with van der Waals surface area (Å²) in [5, 5.41) is 13.6. The van der Waals surface area contributed by atoms with Crippen LogP contribution in [-0.2, 0) is 0 Å². The number of hydrogen-bond donors (Lipinski definition) is 2. The summed E-state index contributed by atoms with van der Waals surface area (Å²) < 4.78 is 15.2. The van der Waals surface area contributed by atoms with E-state index in [9.17, 15) is 5.11 Å². The third-order valence-electron chi connectivity index (χ3n) is 2.38. The van der Waals surface area contributed by atoms with Gasteiger partial charge in [-0.25, -0.2) is 0 Å². The molecule has 1 aromatic carbocycles. The highest BCUT2D eigenvalue weighted by Crippen LogP contribution is 2.47. The zero-order chi connectivity index (χ0) is 13.3. The van der Waals surface area contributed by atoms with Crippen LogP contribution in [0.3, 0.4) is 0 Å². The van der Waals surface area contributed by atoms with Gasteiger partial charge in [-0.05, 0) is 6.07 Å². The van der Waals surface area contributed by atoms with Crippen LogP contribution < -0.4 is 15.2 Å². The first-order valence-electron chi connectivity index (χ1n) is 4.94. The first-order chi connectivity index (χ1) is 8.58. The fraction of sp³-hybridized carbons (Fsp3) is 0.182. The van der Waals surface area contributed by atoms with Crippen molar-refractivity contribution >= 4 is 17.4 Å². The summed E-state index contributed by atoms with van der Waals surface area (Å²) in [7, 11) is 2.89. The molecule has 3 N–H and O–H groups in total. The van der Waals surface area contributed by atoms with E-state index in [0.717, 1.165) is 0 Å². The highest BCUT2D eigenvalue weighted by molar-refractivity contribution is 6.34. The molecule has 18 heavy (non-hydrogen) atoms. The molecule has 1 heterocycles. The van der Waals surface area contributed by atoms with Crippen LogP contribution in [0.4, 0.5) is 5.82 Å². The van der Waals surface area contributed by atoms with Gasteiger partial charge in [0.1, 0.15) is 10.8 Å². The van der Waals surface area contributed by atoms with Crippen molar-refractivity contribution in [2.75, 3.05) is 20.0 Å². The average molecular weight is 271 g/mol. The van der Waals surface area contributed by atoms with Gasteiger partial charge in [-0.1, -0.05) is 16.8 Å². The van der Waals surface area contributed by atoms with E-state index >= 15 is 0 Å². The summed E-state index contributed by atoms with van der Waals surface area (Å²) in [6.07, 6.45) is 0. The second-order valence-corrected chi connectivity index (χ2v) is 3.82. The van der Waals surface area contributed by atoms with Crippen molar-refractivity contribution in [3.05, 3.63) is 17.2 Å². The Balaban J connectivity index is 2.65. The molecule has 0 saturated heterocycles. The number of ether oxygens (including phenoxy) is 2. The molecular formula is C11H11ClN2O4. The molecule has 0 fully saturated rings. The quantitative estimate of drug-likeness (QED) is 0.889. The van der Waals surface area contributed by atoms with E-state index in [-0.39, 0.29) is 28.1 Å². The SMILES string of the molecule is COc1cc(-c2cc(N)no2)c(O)c(Cl)c1OC. The first-order valence-corrected chi connectivity index (χ1v) is 5.32. The molecule has 96 valence electrons. The van der Waals surface area contributed by atoms with Crippen LogP contribution in [0.1, 0.15) is 0 Å². The predicted octanol–water partition coefficient (Wildman–Crippen LogP) is 2.30. The van der Waals surface area contributed by atoms with Gasteiger partial charge < -0.3 is 24.8 Å². The van der Waals surface area contributed by atoms with Gasteiger partial charge in [-0.3, -0.25) is 0 Å². The second kappa shape index (κ2) is 4.66. The summed E-state index contributed by atoms with van der Waals surface area (Å²) in [6, 6.07) is 3.00. The molecule has 7 heteroatoms. The maximum atomic E-state index is 10.00. The summed E-state index contributed by atoms with van der Waals surface area (Å²) in [5.41, 5.74) is 5.78. The molecular weight excluding hydrogens is 260 g/mol. The van der Waals surface area contributed by atoms with E-state index in [1.165, 1.54) is 26.4 Å². The van der Waals surface area contributed by atoms with Crippen molar-refractivity contribution < 1.29 is 19.1 Å². The van der Waals surface area contributed by atoms with Gasteiger partial charge in [-0.2, -0.15) is 0 Å². The van der Waals surface area contributed by atoms with Crippen LogP contribution in [0.15, 0.2) is 16.7 Å². The maximum Gasteiger partial charge on any atom is 0.183 e. The van der Waals surface area contributed by atoms with Crippen LogP contribution in [-0.4, -0.2) is 24.5 Å². The smallest absolute Gasteiger partial charge is 0.183 e. The lowest BCUT2D eigenvalue weighted by molar-refractivity contribution is 0.351. The van der Waals surface area contributed by atoms with Gasteiger partial charge in [0, 0.05) is 6.07 Å². The van der Waals surface area contributed by atoms with Crippen LogP contribution in [0, 0.1) is 0 Å². The Kier molecular flexibility index (Phi) is 3.20. The molecule has 0 saturated carbocycles. The molecule has 2 aromatic rings. The number of hydrogen-bond acceptors (Lipinski definition) is 6. The van der Waals surface area contributed by atoms with E-state index in [0.29, 0.717) is 11.3 Å².